The van der Waals surface area contributed by atoms with E-state index >= 15 is 0 Å². The molecule has 0 fully saturated rings. The van der Waals surface area contributed by atoms with Gasteiger partial charge >= 0.3 is 0 Å². The van der Waals surface area contributed by atoms with E-state index < -0.39 is 5.91 Å². The van der Waals surface area contributed by atoms with Crippen molar-refractivity contribution in [3.63, 3.8) is 0 Å². The number of carbonyl (C=O) groups is 1. The zero-order valence-corrected chi connectivity index (χ0v) is 11.5. The number of benzene rings is 1. The van der Waals surface area contributed by atoms with Crippen LogP contribution >= 0.6 is 0 Å². The van der Waals surface area contributed by atoms with Crippen molar-refractivity contribution in [3.8, 4) is 5.88 Å². The second-order valence-electron chi connectivity index (χ2n) is 4.42. The molecule has 5 heteroatoms. The predicted octanol–water partition coefficient (Wildman–Crippen LogP) is 2.11. The fraction of sp³-hybridized carbons (Fsp3) is 0.200. The Labute approximate surface area is 117 Å². The molecule has 2 aromatic rings. The number of methoxy groups -OCH3 is 1. The molecule has 0 aliphatic heterocycles. The third-order valence-corrected chi connectivity index (χ3v) is 2.96. The van der Waals surface area contributed by atoms with Crippen LogP contribution in [-0.4, -0.2) is 18.0 Å². The largest absolute Gasteiger partial charge is 0.481 e. The normalized spacial score (nSPS) is 10.1. The number of carbonyl (C=O) groups excluding carboxylic acids is 1. The first-order chi connectivity index (χ1) is 9.60. The highest BCUT2D eigenvalue weighted by molar-refractivity contribution is 5.93. The van der Waals surface area contributed by atoms with Crippen molar-refractivity contribution in [1.82, 2.24) is 4.98 Å². The van der Waals surface area contributed by atoms with Gasteiger partial charge in [-0.2, -0.15) is 0 Å². The first kappa shape index (κ1) is 13.9. The lowest BCUT2D eigenvalue weighted by Gasteiger charge is -2.10. The second-order valence-corrected chi connectivity index (χ2v) is 4.42. The van der Waals surface area contributed by atoms with Gasteiger partial charge in [-0.25, -0.2) is 4.98 Å². The van der Waals surface area contributed by atoms with E-state index in [1.807, 2.05) is 25.1 Å². The van der Waals surface area contributed by atoms with Crippen LogP contribution in [0.5, 0.6) is 5.88 Å². The first-order valence-corrected chi connectivity index (χ1v) is 6.24. The van der Waals surface area contributed by atoms with Crippen LogP contribution < -0.4 is 15.8 Å². The summed E-state index contributed by atoms with van der Waals surface area (Å²) in [4.78, 5) is 15.4. The summed E-state index contributed by atoms with van der Waals surface area (Å²) in [5.74, 6) is 0.166. The van der Waals surface area contributed by atoms with Crippen molar-refractivity contribution < 1.29 is 9.53 Å². The number of amides is 1. The van der Waals surface area contributed by atoms with E-state index in [9.17, 15) is 4.79 Å². The molecule has 2 rings (SSSR count). The fourth-order valence-electron chi connectivity index (χ4n) is 1.87. The zero-order valence-electron chi connectivity index (χ0n) is 11.5. The van der Waals surface area contributed by atoms with Gasteiger partial charge in [0.2, 0.25) is 11.8 Å². The number of rotatable bonds is 5. The summed E-state index contributed by atoms with van der Waals surface area (Å²) < 4.78 is 5.08. The lowest BCUT2D eigenvalue weighted by atomic mass is 10.1. The number of anilines is 1. The van der Waals surface area contributed by atoms with Gasteiger partial charge in [0, 0.05) is 17.3 Å². The molecule has 0 saturated heterocycles. The topological polar surface area (TPSA) is 77.2 Å². The SMILES string of the molecule is COc1cccc(CNc2ccc(C(N)=O)cc2C)n1. The van der Waals surface area contributed by atoms with Crippen LogP contribution in [-0.2, 0) is 6.54 Å². The van der Waals surface area contributed by atoms with Crippen LogP contribution in [0.25, 0.3) is 0 Å². The molecule has 0 spiro atoms. The number of nitrogens with one attached hydrogen (secondary N) is 1. The molecule has 1 heterocycles. The number of hydrogen-bond donors (Lipinski definition) is 2. The van der Waals surface area contributed by atoms with Crippen LogP contribution in [0.15, 0.2) is 36.4 Å². The summed E-state index contributed by atoms with van der Waals surface area (Å²) in [6.45, 7) is 2.50. The smallest absolute Gasteiger partial charge is 0.248 e. The summed E-state index contributed by atoms with van der Waals surface area (Å²) >= 11 is 0. The van der Waals surface area contributed by atoms with Crippen molar-refractivity contribution in [2.45, 2.75) is 13.5 Å². The average Bonchev–Trinajstić information content (AvgIpc) is 2.46. The van der Waals surface area contributed by atoms with Gasteiger partial charge in [0.15, 0.2) is 0 Å². The highest BCUT2D eigenvalue weighted by atomic mass is 16.5. The molecule has 1 aromatic carbocycles. The van der Waals surface area contributed by atoms with Crippen molar-refractivity contribution in [2.24, 2.45) is 5.73 Å². The van der Waals surface area contributed by atoms with Gasteiger partial charge < -0.3 is 15.8 Å². The lowest BCUT2D eigenvalue weighted by Crippen LogP contribution is -2.11. The lowest BCUT2D eigenvalue weighted by molar-refractivity contribution is 0.1000. The average molecular weight is 271 g/mol. The molecular formula is C15H17N3O2. The molecule has 0 aliphatic carbocycles. The molecule has 1 amide bonds. The molecule has 1 aromatic heterocycles. The molecule has 0 aliphatic rings. The highest BCUT2D eigenvalue weighted by Gasteiger charge is 2.04. The number of nitrogens with two attached hydrogens (primary N) is 1. The first-order valence-electron chi connectivity index (χ1n) is 6.24. The molecule has 0 unspecified atom stereocenters. The Morgan fingerprint density at radius 1 is 1.35 bits per heavy atom. The highest BCUT2D eigenvalue weighted by Crippen LogP contribution is 2.17. The molecule has 0 bridgehead atoms. The van der Waals surface area contributed by atoms with Crippen molar-refractivity contribution in [1.29, 1.82) is 0 Å². The van der Waals surface area contributed by atoms with E-state index in [-0.39, 0.29) is 0 Å². The van der Waals surface area contributed by atoms with E-state index in [0.717, 1.165) is 16.9 Å². The minimum atomic E-state index is -0.422. The number of pyridine rings is 1. The van der Waals surface area contributed by atoms with Crippen LogP contribution in [0, 0.1) is 6.92 Å². The Morgan fingerprint density at radius 3 is 2.80 bits per heavy atom. The molecule has 20 heavy (non-hydrogen) atoms. The van der Waals surface area contributed by atoms with Gasteiger partial charge in [-0.15, -0.1) is 0 Å². The number of aryl methyl sites for hydroxylation is 1. The number of aromatic nitrogens is 1. The van der Waals surface area contributed by atoms with E-state index in [4.69, 9.17) is 10.5 Å². The molecule has 3 N–H and O–H groups in total. The summed E-state index contributed by atoms with van der Waals surface area (Å²) in [5.41, 5.74) is 8.54. The second kappa shape index (κ2) is 6.06. The number of ether oxygens (including phenoxy) is 1. The van der Waals surface area contributed by atoms with E-state index in [0.29, 0.717) is 18.0 Å². The Morgan fingerprint density at radius 2 is 2.15 bits per heavy atom. The number of primary amides is 1. The van der Waals surface area contributed by atoms with E-state index in [1.165, 1.54) is 0 Å². The number of nitrogens with zero attached hydrogens (tertiary/aromatic N) is 1. The Kier molecular flexibility index (Phi) is 4.20. The molecular weight excluding hydrogens is 254 g/mol. The summed E-state index contributed by atoms with van der Waals surface area (Å²) in [5, 5.41) is 3.28. The van der Waals surface area contributed by atoms with Crippen molar-refractivity contribution in [3.05, 3.63) is 53.2 Å². The third-order valence-electron chi connectivity index (χ3n) is 2.96. The Balaban J connectivity index is 2.08. The van der Waals surface area contributed by atoms with Gasteiger partial charge in [0.05, 0.1) is 19.3 Å². The maximum atomic E-state index is 11.1. The van der Waals surface area contributed by atoms with Crippen LogP contribution in [0.4, 0.5) is 5.69 Å². The van der Waals surface area contributed by atoms with Crippen molar-refractivity contribution in [2.75, 3.05) is 12.4 Å². The Bertz CT molecular complexity index is 626. The standard InChI is InChI=1S/C15H17N3O2/c1-10-8-11(15(16)19)6-7-13(10)17-9-12-4-3-5-14(18-12)20-2/h3-8,17H,9H2,1-2H3,(H2,16,19). The van der Waals surface area contributed by atoms with Crippen LogP contribution in [0.3, 0.4) is 0 Å². The summed E-state index contributed by atoms with van der Waals surface area (Å²) in [7, 11) is 1.59. The molecule has 5 nitrogen and oxygen atoms in total. The quantitative estimate of drug-likeness (QED) is 0.873. The minimum absolute atomic E-state index is 0.422. The van der Waals surface area contributed by atoms with Crippen LogP contribution in [0.1, 0.15) is 21.6 Å². The maximum Gasteiger partial charge on any atom is 0.248 e. The van der Waals surface area contributed by atoms with Gasteiger partial charge in [-0.05, 0) is 36.8 Å². The van der Waals surface area contributed by atoms with Gasteiger partial charge in [0.25, 0.3) is 0 Å². The molecule has 0 atom stereocenters. The molecule has 0 radical (unpaired) electrons. The predicted molar refractivity (Wildman–Crippen MR) is 77.8 cm³/mol. The van der Waals surface area contributed by atoms with Crippen LogP contribution in [0.2, 0.25) is 0 Å². The van der Waals surface area contributed by atoms with E-state index in [1.54, 1.807) is 25.3 Å². The zero-order chi connectivity index (χ0) is 14.5. The number of hydrogen-bond acceptors (Lipinski definition) is 4. The Hall–Kier alpha value is -2.56. The summed E-state index contributed by atoms with van der Waals surface area (Å²) in [6, 6.07) is 10.9. The molecule has 0 saturated carbocycles. The van der Waals surface area contributed by atoms with Gasteiger partial charge in [-0.1, -0.05) is 6.07 Å². The van der Waals surface area contributed by atoms with Gasteiger partial charge in [-0.3, -0.25) is 4.79 Å². The van der Waals surface area contributed by atoms with E-state index in [2.05, 4.69) is 10.3 Å². The molecule has 104 valence electrons. The fourth-order valence-corrected chi connectivity index (χ4v) is 1.87. The minimum Gasteiger partial charge on any atom is -0.481 e. The monoisotopic (exact) mass is 271 g/mol. The maximum absolute atomic E-state index is 11.1. The van der Waals surface area contributed by atoms with Crippen molar-refractivity contribution >= 4 is 11.6 Å². The van der Waals surface area contributed by atoms with Gasteiger partial charge in [0.1, 0.15) is 0 Å². The summed E-state index contributed by atoms with van der Waals surface area (Å²) in [6.07, 6.45) is 0. The third kappa shape index (κ3) is 3.26.